The van der Waals surface area contributed by atoms with Gasteiger partial charge in [-0.1, -0.05) is 13.3 Å². The van der Waals surface area contributed by atoms with Gasteiger partial charge in [-0.3, -0.25) is 4.79 Å². The maximum Gasteiger partial charge on any atom is 0.221 e. The van der Waals surface area contributed by atoms with Gasteiger partial charge in [-0.05, 0) is 27.2 Å². The molecule has 96 valence electrons. The molecule has 0 bridgehead atoms. The first-order valence-electron chi connectivity index (χ1n) is 6.10. The van der Waals surface area contributed by atoms with Crippen LogP contribution >= 0.6 is 0 Å². The molecule has 0 rings (SSSR count). The molecule has 4 heteroatoms. The Kier molecular flexibility index (Phi) is 7.34. The van der Waals surface area contributed by atoms with Gasteiger partial charge in [0.15, 0.2) is 0 Å². The van der Waals surface area contributed by atoms with Crippen molar-refractivity contribution in [3.05, 3.63) is 0 Å². The maximum absolute atomic E-state index is 11.3. The lowest BCUT2D eigenvalue weighted by molar-refractivity contribution is -0.121. The molecule has 0 aromatic carbocycles. The van der Waals surface area contributed by atoms with E-state index in [0.29, 0.717) is 19.5 Å². The highest BCUT2D eigenvalue weighted by Gasteiger charge is 2.17. The first-order chi connectivity index (χ1) is 7.37. The molecule has 0 saturated carbocycles. The molecule has 0 spiro atoms. The lowest BCUT2D eigenvalue weighted by Gasteiger charge is -2.23. The van der Waals surface area contributed by atoms with Crippen LogP contribution in [0.5, 0.6) is 0 Å². The zero-order valence-electron chi connectivity index (χ0n) is 11.0. The van der Waals surface area contributed by atoms with E-state index in [1.165, 1.54) is 0 Å². The first-order valence-corrected chi connectivity index (χ1v) is 6.10. The largest absolute Gasteiger partial charge is 0.389 e. The van der Waals surface area contributed by atoms with Crippen LogP contribution in [0.3, 0.4) is 0 Å². The fourth-order valence-electron chi connectivity index (χ4n) is 1.58. The van der Waals surface area contributed by atoms with Gasteiger partial charge < -0.3 is 15.7 Å². The van der Waals surface area contributed by atoms with Crippen LogP contribution in [0, 0.1) is 0 Å². The van der Waals surface area contributed by atoms with Crippen molar-refractivity contribution in [2.45, 2.75) is 58.6 Å². The summed E-state index contributed by atoms with van der Waals surface area (Å²) < 4.78 is 0. The topological polar surface area (TPSA) is 61.4 Å². The third-order valence-corrected chi connectivity index (χ3v) is 2.27. The maximum atomic E-state index is 11.3. The van der Waals surface area contributed by atoms with Crippen molar-refractivity contribution in [3.8, 4) is 0 Å². The zero-order chi connectivity index (χ0) is 12.6. The van der Waals surface area contributed by atoms with Crippen LogP contribution in [-0.2, 0) is 4.79 Å². The molecule has 16 heavy (non-hydrogen) atoms. The molecule has 1 atom stereocenters. The summed E-state index contributed by atoms with van der Waals surface area (Å²) in [7, 11) is 0. The molecule has 0 aliphatic rings. The van der Waals surface area contributed by atoms with Gasteiger partial charge >= 0.3 is 0 Å². The van der Waals surface area contributed by atoms with Gasteiger partial charge in [0.1, 0.15) is 0 Å². The Morgan fingerprint density at radius 2 is 2.06 bits per heavy atom. The quantitative estimate of drug-likeness (QED) is 0.546. The summed E-state index contributed by atoms with van der Waals surface area (Å²) in [5, 5.41) is 15.8. The summed E-state index contributed by atoms with van der Waals surface area (Å²) in [5.41, 5.74) is -0.663. The number of hydrogen-bond donors (Lipinski definition) is 3. The predicted octanol–water partition coefficient (Wildman–Crippen LogP) is 1.04. The van der Waals surface area contributed by atoms with Crippen LogP contribution in [0.15, 0.2) is 0 Å². The van der Waals surface area contributed by atoms with Gasteiger partial charge in [-0.2, -0.15) is 0 Å². The number of carbonyl (C=O) groups excluding carboxylic acids is 1. The standard InChI is InChI=1S/C12H26N2O2/c1-5-7-12(4,16)9-13-8-6-11(15)14-10(2)3/h10,13,16H,5-9H2,1-4H3,(H,14,15). The van der Waals surface area contributed by atoms with E-state index < -0.39 is 5.60 Å². The molecule has 1 amide bonds. The van der Waals surface area contributed by atoms with Crippen molar-refractivity contribution in [1.82, 2.24) is 10.6 Å². The van der Waals surface area contributed by atoms with Crippen LogP contribution in [0.4, 0.5) is 0 Å². The fourth-order valence-corrected chi connectivity index (χ4v) is 1.58. The Balaban J connectivity index is 3.56. The molecule has 0 fully saturated rings. The van der Waals surface area contributed by atoms with E-state index in [2.05, 4.69) is 10.6 Å². The number of aliphatic hydroxyl groups is 1. The number of nitrogens with one attached hydrogen (secondary N) is 2. The summed E-state index contributed by atoms with van der Waals surface area (Å²) in [4.78, 5) is 11.3. The molecule has 0 aliphatic heterocycles. The van der Waals surface area contributed by atoms with Crippen molar-refractivity contribution in [2.24, 2.45) is 0 Å². The van der Waals surface area contributed by atoms with E-state index in [1.807, 2.05) is 27.7 Å². The van der Waals surface area contributed by atoms with Crippen molar-refractivity contribution < 1.29 is 9.90 Å². The van der Waals surface area contributed by atoms with E-state index in [9.17, 15) is 9.90 Å². The number of rotatable bonds is 8. The van der Waals surface area contributed by atoms with Crippen LogP contribution in [0.25, 0.3) is 0 Å². The van der Waals surface area contributed by atoms with Gasteiger partial charge in [-0.25, -0.2) is 0 Å². The summed E-state index contributed by atoms with van der Waals surface area (Å²) in [6.45, 7) is 8.89. The number of amides is 1. The predicted molar refractivity (Wildman–Crippen MR) is 66.3 cm³/mol. The fraction of sp³-hybridized carbons (Fsp3) is 0.917. The Labute approximate surface area is 98.8 Å². The second-order valence-electron chi connectivity index (χ2n) is 4.90. The van der Waals surface area contributed by atoms with Gasteiger partial charge in [0.05, 0.1) is 5.60 Å². The molecule has 0 aromatic rings. The molecular formula is C12H26N2O2. The van der Waals surface area contributed by atoms with Gasteiger partial charge in [-0.15, -0.1) is 0 Å². The average molecular weight is 230 g/mol. The van der Waals surface area contributed by atoms with Gasteiger partial charge in [0.2, 0.25) is 5.91 Å². The summed E-state index contributed by atoms with van der Waals surface area (Å²) in [6.07, 6.45) is 2.20. The summed E-state index contributed by atoms with van der Waals surface area (Å²) >= 11 is 0. The van der Waals surface area contributed by atoms with Crippen LogP contribution in [-0.4, -0.2) is 35.7 Å². The van der Waals surface area contributed by atoms with E-state index >= 15 is 0 Å². The Hall–Kier alpha value is -0.610. The molecule has 0 saturated heterocycles. The number of carbonyl (C=O) groups is 1. The third kappa shape index (κ3) is 8.68. The average Bonchev–Trinajstić information content (AvgIpc) is 2.11. The van der Waals surface area contributed by atoms with Crippen molar-refractivity contribution >= 4 is 5.91 Å². The normalized spacial score (nSPS) is 14.9. The second-order valence-corrected chi connectivity index (χ2v) is 4.90. The highest BCUT2D eigenvalue weighted by Crippen LogP contribution is 2.09. The minimum atomic E-state index is -0.663. The lowest BCUT2D eigenvalue weighted by Crippen LogP contribution is -2.39. The highest BCUT2D eigenvalue weighted by molar-refractivity contribution is 5.76. The Morgan fingerprint density at radius 1 is 1.44 bits per heavy atom. The molecule has 4 nitrogen and oxygen atoms in total. The van der Waals surface area contributed by atoms with E-state index in [1.54, 1.807) is 0 Å². The lowest BCUT2D eigenvalue weighted by atomic mass is 10.0. The monoisotopic (exact) mass is 230 g/mol. The SMILES string of the molecule is CCCC(C)(O)CNCCC(=O)NC(C)C. The second kappa shape index (κ2) is 7.63. The first kappa shape index (κ1) is 15.4. The minimum absolute atomic E-state index is 0.0534. The Bertz CT molecular complexity index is 203. The molecule has 0 aliphatic carbocycles. The molecule has 0 aromatic heterocycles. The van der Waals surface area contributed by atoms with Crippen molar-refractivity contribution in [2.75, 3.05) is 13.1 Å². The zero-order valence-corrected chi connectivity index (χ0v) is 11.0. The molecule has 1 unspecified atom stereocenters. The molecule has 0 heterocycles. The van der Waals surface area contributed by atoms with E-state index in [-0.39, 0.29) is 11.9 Å². The molecule has 3 N–H and O–H groups in total. The van der Waals surface area contributed by atoms with E-state index in [4.69, 9.17) is 0 Å². The molecular weight excluding hydrogens is 204 g/mol. The summed E-state index contributed by atoms with van der Waals surface area (Å²) in [6, 6.07) is 0.190. The van der Waals surface area contributed by atoms with Crippen LogP contribution in [0.2, 0.25) is 0 Å². The smallest absolute Gasteiger partial charge is 0.221 e. The highest BCUT2D eigenvalue weighted by atomic mass is 16.3. The van der Waals surface area contributed by atoms with Crippen LogP contribution in [0.1, 0.15) is 47.0 Å². The minimum Gasteiger partial charge on any atom is -0.389 e. The van der Waals surface area contributed by atoms with Gasteiger partial charge in [0.25, 0.3) is 0 Å². The summed E-state index contributed by atoms with van der Waals surface area (Å²) in [5.74, 6) is 0.0534. The molecule has 0 radical (unpaired) electrons. The van der Waals surface area contributed by atoms with Gasteiger partial charge in [0, 0.05) is 25.6 Å². The Morgan fingerprint density at radius 3 is 2.56 bits per heavy atom. The van der Waals surface area contributed by atoms with E-state index in [0.717, 1.165) is 12.8 Å². The van der Waals surface area contributed by atoms with Crippen molar-refractivity contribution in [3.63, 3.8) is 0 Å². The van der Waals surface area contributed by atoms with Crippen LogP contribution < -0.4 is 10.6 Å². The third-order valence-electron chi connectivity index (χ3n) is 2.27. The van der Waals surface area contributed by atoms with Crippen molar-refractivity contribution in [1.29, 1.82) is 0 Å². The number of hydrogen-bond acceptors (Lipinski definition) is 3.